The molecular formula is C12H13ClN2O2. The number of nitro groups is 1. The molecule has 0 saturated heterocycles. The quantitative estimate of drug-likeness (QED) is 0.470. The van der Waals surface area contributed by atoms with E-state index in [-0.39, 0.29) is 10.6 Å². The second-order valence-electron chi connectivity index (χ2n) is 3.92. The maximum atomic E-state index is 10.9. The standard InChI is InChI=1S/C12H13ClN2O2/c13-6-3-7-14-9-11(15(16)17)8-10-4-1-2-5-12(10)14/h1-2,4-5,8H,3,6-7,9H2. The van der Waals surface area contributed by atoms with Crippen molar-refractivity contribution in [1.82, 2.24) is 0 Å². The summed E-state index contributed by atoms with van der Waals surface area (Å²) in [6.07, 6.45) is 2.47. The molecule has 0 N–H and O–H groups in total. The molecule has 1 aliphatic rings. The van der Waals surface area contributed by atoms with Gasteiger partial charge in [0.15, 0.2) is 0 Å². The van der Waals surface area contributed by atoms with Gasteiger partial charge in [-0.25, -0.2) is 0 Å². The van der Waals surface area contributed by atoms with Crippen molar-refractivity contribution in [2.45, 2.75) is 6.42 Å². The van der Waals surface area contributed by atoms with Crippen LogP contribution in [0, 0.1) is 10.1 Å². The topological polar surface area (TPSA) is 46.4 Å². The number of anilines is 1. The van der Waals surface area contributed by atoms with E-state index in [1.165, 1.54) is 0 Å². The first-order valence-electron chi connectivity index (χ1n) is 5.47. The molecule has 0 atom stereocenters. The number of nitrogens with zero attached hydrogens (tertiary/aromatic N) is 2. The molecule has 0 bridgehead atoms. The first-order chi connectivity index (χ1) is 8.22. The van der Waals surface area contributed by atoms with E-state index in [2.05, 4.69) is 0 Å². The minimum absolute atomic E-state index is 0.235. The van der Waals surface area contributed by atoms with Gasteiger partial charge in [0.1, 0.15) is 6.54 Å². The largest absolute Gasteiger partial charge is 0.360 e. The Morgan fingerprint density at radius 1 is 1.41 bits per heavy atom. The molecule has 90 valence electrons. The van der Waals surface area contributed by atoms with E-state index in [4.69, 9.17) is 11.6 Å². The highest BCUT2D eigenvalue weighted by molar-refractivity contribution is 6.17. The van der Waals surface area contributed by atoms with Gasteiger partial charge in [0.25, 0.3) is 5.70 Å². The zero-order valence-electron chi connectivity index (χ0n) is 9.30. The Hall–Kier alpha value is -1.55. The number of benzene rings is 1. The first kappa shape index (κ1) is 11.9. The number of hydrogen-bond donors (Lipinski definition) is 0. The van der Waals surface area contributed by atoms with Gasteiger partial charge in [-0.05, 0) is 12.5 Å². The summed E-state index contributed by atoms with van der Waals surface area (Å²) < 4.78 is 0. The van der Waals surface area contributed by atoms with Crippen LogP contribution in [0.4, 0.5) is 5.69 Å². The molecule has 0 radical (unpaired) electrons. The predicted molar refractivity (Wildman–Crippen MR) is 69.0 cm³/mol. The van der Waals surface area contributed by atoms with Crippen molar-refractivity contribution in [3.8, 4) is 0 Å². The Bertz CT molecular complexity index is 460. The third-order valence-electron chi connectivity index (χ3n) is 2.75. The van der Waals surface area contributed by atoms with E-state index < -0.39 is 0 Å². The Labute approximate surface area is 105 Å². The van der Waals surface area contributed by atoms with Gasteiger partial charge in [0.05, 0.1) is 4.92 Å². The summed E-state index contributed by atoms with van der Waals surface area (Å²) >= 11 is 5.67. The second-order valence-corrected chi connectivity index (χ2v) is 4.29. The van der Waals surface area contributed by atoms with E-state index in [1.54, 1.807) is 6.08 Å². The summed E-state index contributed by atoms with van der Waals surface area (Å²) in [4.78, 5) is 12.6. The van der Waals surface area contributed by atoms with Crippen molar-refractivity contribution < 1.29 is 4.92 Å². The van der Waals surface area contributed by atoms with Crippen molar-refractivity contribution in [3.63, 3.8) is 0 Å². The third-order valence-corrected chi connectivity index (χ3v) is 3.02. The average molecular weight is 253 g/mol. The molecule has 0 unspecified atom stereocenters. The minimum atomic E-state index is -0.316. The minimum Gasteiger partial charge on any atom is -0.360 e. The zero-order chi connectivity index (χ0) is 12.3. The fraction of sp³-hybridized carbons (Fsp3) is 0.333. The van der Waals surface area contributed by atoms with Crippen molar-refractivity contribution in [3.05, 3.63) is 45.6 Å². The lowest BCUT2D eigenvalue weighted by molar-refractivity contribution is -0.423. The highest BCUT2D eigenvalue weighted by atomic mass is 35.5. The van der Waals surface area contributed by atoms with Gasteiger partial charge >= 0.3 is 0 Å². The van der Waals surface area contributed by atoms with Crippen molar-refractivity contribution in [1.29, 1.82) is 0 Å². The molecule has 4 nitrogen and oxygen atoms in total. The summed E-state index contributed by atoms with van der Waals surface area (Å²) in [7, 11) is 0. The van der Waals surface area contributed by atoms with Gasteiger partial charge < -0.3 is 4.90 Å². The lowest BCUT2D eigenvalue weighted by Crippen LogP contribution is -2.31. The molecule has 1 heterocycles. The van der Waals surface area contributed by atoms with Crippen LogP contribution < -0.4 is 4.90 Å². The van der Waals surface area contributed by atoms with Crippen LogP contribution in [-0.4, -0.2) is 23.9 Å². The Morgan fingerprint density at radius 2 is 2.18 bits per heavy atom. The van der Waals surface area contributed by atoms with Crippen LogP contribution >= 0.6 is 11.6 Å². The number of para-hydroxylation sites is 1. The SMILES string of the molecule is O=[N+]([O-])C1=Cc2ccccc2N(CCCCl)C1. The zero-order valence-corrected chi connectivity index (χ0v) is 10.1. The molecule has 0 saturated carbocycles. The number of hydrogen-bond acceptors (Lipinski definition) is 3. The molecule has 0 amide bonds. The summed E-state index contributed by atoms with van der Waals surface area (Å²) in [5.74, 6) is 0.566. The van der Waals surface area contributed by atoms with Crippen molar-refractivity contribution >= 4 is 23.4 Å². The smallest absolute Gasteiger partial charge is 0.266 e. The van der Waals surface area contributed by atoms with Crippen LogP contribution in [0.3, 0.4) is 0 Å². The van der Waals surface area contributed by atoms with E-state index in [9.17, 15) is 10.1 Å². The van der Waals surface area contributed by atoms with Crippen LogP contribution in [0.15, 0.2) is 30.0 Å². The summed E-state index contributed by atoms with van der Waals surface area (Å²) in [5, 5.41) is 10.9. The molecule has 1 aromatic carbocycles. The molecule has 5 heteroatoms. The molecule has 1 aromatic rings. The fourth-order valence-corrected chi connectivity index (χ4v) is 2.08. The van der Waals surface area contributed by atoms with E-state index in [0.29, 0.717) is 12.4 Å². The third kappa shape index (κ3) is 2.58. The van der Waals surface area contributed by atoms with Crippen LogP contribution in [-0.2, 0) is 0 Å². The fourth-order valence-electron chi connectivity index (χ4n) is 1.96. The van der Waals surface area contributed by atoms with E-state index in [0.717, 1.165) is 24.2 Å². The lowest BCUT2D eigenvalue weighted by Gasteiger charge is -2.27. The second kappa shape index (κ2) is 5.19. The molecule has 0 aliphatic carbocycles. The Kier molecular flexibility index (Phi) is 3.64. The van der Waals surface area contributed by atoms with Crippen LogP contribution in [0.2, 0.25) is 0 Å². The summed E-state index contributed by atoms with van der Waals surface area (Å²) in [6, 6.07) is 7.71. The molecule has 2 rings (SSSR count). The number of halogens is 1. The Balaban J connectivity index is 2.32. The van der Waals surface area contributed by atoms with Crippen LogP contribution in [0.25, 0.3) is 6.08 Å². The number of rotatable bonds is 4. The van der Waals surface area contributed by atoms with Gasteiger partial charge in [0.2, 0.25) is 0 Å². The Morgan fingerprint density at radius 3 is 2.88 bits per heavy atom. The normalized spacial score (nSPS) is 14.2. The van der Waals surface area contributed by atoms with E-state index >= 15 is 0 Å². The number of fused-ring (bicyclic) bond motifs is 1. The maximum Gasteiger partial charge on any atom is 0.266 e. The highest BCUT2D eigenvalue weighted by Crippen LogP contribution is 2.28. The molecular weight excluding hydrogens is 240 g/mol. The molecule has 0 fully saturated rings. The molecule has 0 aromatic heterocycles. The van der Waals surface area contributed by atoms with Gasteiger partial charge in [-0.2, -0.15) is 0 Å². The van der Waals surface area contributed by atoms with Crippen LogP contribution in [0.5, 0.6) is 0 Å². The van der Waals surface area contributed by atoms with Crippen LogP contribution in [0.1, 0.15) is 12.0 Å². The molecule has 1 aliphatic heterocycles. The first-order valence-corrected chi connectivity index (χ1v) is 6.00. The molecule has 17 heavy (non-hydrogen) atoms. The van der Waals surface area contributed by atoms with Gasteiger partial charge in [-0.3, -0.25) is 10.1 Å². The predicted octanol–water partition coefficient (Wildman–Crippen LogP) is 2.75. The van der Waals surface area contributed by atoms with Gasteiger partial charge in [0, 0.05) is 29.8 Å². The molecule has 0 spiro atoms. The number of alkyl halides is 1. The lowest BCUT2D eigenvalue weighted by atomic mass is 10.1. The summed E-state index contributed by atoms with van der Waals surface area (Å²) in [5.41, 5.74) is 2.18. The van der Waals surface area contributed by atoms with Crippen molar-refractivity contribution in [2.75, 3.05) is 23.9 Å². The van der Waals surface area contributed by atoms with Gasteiger partial charge in [-0.1, -0.05) is 18.2 Å². The van der Waals surface area contributed by atoms with Gasteiger partial charge in [-0.15, -0.1) is 11.6 Å². The van der Waals surface area contributed by atoms with Crippen molar-refractivity contribution in [2.24, 2.45) is 0 Å². The summed E-state index contributed by atoms with van der Waals surface area (Å²) in [6.45, 7) is 1.09. The highest BCUT2D eigenvalue weighted by Gasteiger charge is 2.23. The maximum absolute atomic E-state index is 10.9. The average Bonchev–Trinajstić information content (AvgIpc) is 2.35. The van der Waals surface area contributed by atoms with E-state index in [1.807, 2.05) is 29.2 Å². The monoisotopic (exact) mass is 252 g/mol.